The van der Waals surface area contributed by atoms with E-state index in [1.807, 2.05) is 32.0 Å². The Bertz CT molecular complexity index is 560. The summed E-state index contributed by atoms with van der Waals surface area (Å²) in [5.41, 5.74) is 2.99. The summed E-state index contributed by atoms with van der Waals surface area (Å²) in [6.07, 6.45) is 2.41. The van der Waals surface area contributed by atoms with Crippen molar-refractivity contribution >= 4 is 11.7 Å². The highest BCUT2D eigenvalue weighted by Gasteiger charge is 2.28. The van der Waals surface area contributed by atoms with Crippen molar-refractivity contribution in [3.8, 4) is 0 Å². The van der Waals surface area contributed by atoms with Gasteiger partial charge in [0, 0.05) is 18.5 Å². The Balaban J connectivity index is 2.11. The number of nitrogens with zero attached hydrogens (tertiary/aromatic N) is 1. The zero-order chi connectivity index (χ0) is 15.6. The summed E-state index contributed by atoms with van der Waals surface area (Å²) < 4.78 is 0. The van der Waals surface area contributed by atoms with E-state index >= 15 is 0 Å². The zero-order valence-electron chi connectivity index (χ0n) is 13.5. The van der Waals surface area contributed by atoms with Crippen LogP contribution in [0.1, 0.15) is 54.6 Å². The van der Waals surface area contributed by atoms with Crippen LogP contribution in [0.4, 0.5) is 0 Å². The Morgan fingerprint density at radius 2 is 1.95 bits per heavy atom. The molecule has 1 aromatic rings. The van der Waals surface area contributed by atoms with Crippen LogP contribution >= 0.6 is 0 Å². The number of rotatable bonds is 3. The Morgan fingerprint density at radius 3 is 2.67 bits per heavy atom. The van der Waals surface area contributed by atoms with E-state index in [1.165, 1.54) is 0 Å². The van der Waals surface area contributed by atoms with Crippen LogP contribution in [0, 0.1) is 19.3 Å². The van der Waals surface area contributed by atoms with Crippen LogP contribution in [0.5, 0.6) is 0 Å². The molecule has 1 amide bonds. The number of hydrogen-bond acceptors (Lipinski definition) is 2. The molecule has 21 heavy (non-hydrogen) atoms. The normalized spacial score (nSPS) is 18.5. The fourth-order valence-corrected chi connectivity index (χ4v) is 2.75. The number of Topliss-reactive ketones (excluding diaryl/α,β-unsaturated/α-hetero) is 1. The molecular weight excluding hydrogens is 262 g/mol. The molecule has 0 aromatic heterocycles. The van der Waals surface area contributed by atoms with Crippen molar-refractivity contribution in [3.05, 3.63) is 34.9 Å². The van der Waals surface area contributed by atoms with E-state index in [0.29, 0.717) is 13.0 Å². The summed E-state index contributed by atoms with van der Waals surface area (Å²) in [6.45, 7) is 9.20. The Kier molecular flexibility index (Phi) is 4.50. The number of carbonyl (C=O) groups excluding carboxylic acids is 2. The van der Waals surface area contributed by atoms with Gasteiger partial charge < -0.3 is 4.90 Å². The van der Waals surface area contributed by atoms with E-state index in [9.17, 15) is 9.59 Å². The first-order valence-corrected chi connectivity index (χ1v) is 7.67. The lowest BCUT2D eigenvalue weighted by molar-refractivity contribution is -0.130. The average Bonchev–Trinajstić information content (AvgIpc) is 2.54. The van der Waals surface area contributed by atoms with Gasteiger partial charge in [-0.3, -0.25) is 9.59 Å². The molecule has 0 radical (unpaired) electrons. The fourth-order valence-electron chi connectivity index (χ4n) is 2.75. The third kappa shape index (κ3) is 3.93. The molecule has 1 aromatic carbocycles. The van der Waals surface area contributed by atoms with Crippen molar-refractivity contribution in [2.24, 2.45) is 5.41 Å². The van der Waals surface area contributed by atoms with Crippen LogP contribution in [0.15, 0.2) is 18.2 Å². The number of hydrogen-bond donors (Lipinski definition) is 0. The Morgan fingerprint density at radius 1 is 1.24 bits per heavy atom. The predicted molar refractivity (Wildman–Crippen MR) is 84.5 cm³/mol. The lowest BCUT2D eigenvalue weighted by atomic mass is 9.85. The number of carbonyl (C=O) groups is 2. The fraction of sp³-hybridized carbons (Fsp3) is 0.556. The van der Waals surface area contributed by atoms with Crippen molar-refractivity contribution in [3.63, 3.8) is 0 Å². The second kappa shape index (κ2) is 6.00. The molecule has 3 nitrogen and oxygen atoms in total. The van der Waals surface area contributed by atoms with Crippen LogP contribution in [-0.2, 0) is 4.79 Å². The minimum absolute atomic E-state index is 0.0456. The van der Waals surface area contributed by atoms with Gasteiger partial charge in [-0.2, -0.15) is 0 Å². The SMILES string of the molecule is Cc1ccc(C)c(C(=O)CN2CCC(C)(C)CCC2=O)c1. The second-order valence-corrected chi connectivity index (χ2v) is 6.97. The lowest BCUT2D eigenvalue weighted by Crippen LogP contribution is -2.35. The molecule has 0 unspecified atom stereocenters. The molecule has 0 atom stereocenters. The van der Waals surface area contributed by atoms with Gasteiger partial charge in [0.15, 0.2) is 5.78 Å². The number of likely N-dealkylation sites (tertiary alicyclic amines) is 1. The first-order valence-electron chi connectivity index (χ1n) is 7.67. The number of aryl methyl sites for hydroxylation is 2. The van der Waals surface area contributed by atoms with Gasteiger partial charge >= 0.3 is 0 Å². The monoisotopic (exact) mass is 287 g/mol. The molecule has 114 valence electrons. The smallest absolute Gasteiger partial charge is 0.222 e. The molecular formula is C18H25NO2. The summed E-state index contributed by atoms with van der Waals surface area (Å²) in [6, 6.07) is 5.89. The van der Waals surface area contributed by atoms with Crippen LogP contribution in [0.25, 0.3) is 0 Å². The van der Waals surface area contributed by atoms with Crippen molar-refractivity contribution in [1.29, 1.82) is 0 Å². The van der Waals surface area contributed by atoms with Crippen LogP contribution < -0.4 is 0 Å². The zero-order valence-corrected chi connectivity index (χ0v) is 13.5. The molecule has 0 saturated carbocycles. The first-order chi connectivity index (χ1) is 9.78. The van der Waals surface area contributed by atoms with Gasteiger partial charge in [-0.25, -0.2) is 0 Å². The molecule has 1 aliphatic rings. The molecule has 0 N–H and O–H groups in total. The minimum Gasteiger partial charge on any atom is -0.335 e. The highest BCUT2D eigenvalue weighted by molar-refractivity contribution is 6.00. The Labute approximate surface area is 127 Å². The predicted octanol–water partition coefficient (Wildman–Crippen LogP) is 3.52. The first kappa shape index (κ1) is 15.7. The maximum Gasteiger partial charge on any atom is 0.222 e. The molecule has 1 fully saturated rings. The highest BCUT2D eigenvalue weighted by Crippen LogP contribution is 2.30. The molecule has 3 heteroatoms. The second-order valence-electron chi connectivity index (χ2n) is 6.97. The molecule has 1 saturated heterocycles. The van der Waals surface area contributed by atoms with Crippen molar-refractivity contribution in [1.82, 2.24) is 4.90 Å². The number of ketones is 1. The van der Waals surface area contributed by atoms with Gasteiger partial charge in [0.25, 0.3) is 0 Å². The highest BCUT2D eigenvalue weighted by atomic mass is 16.2. The molecule has 0 spiro atoms. The molecule has 1 heterocycles. The van der Waals surface area contributed by atoms with Gasteiger partial charge in [0.1, 0.15) is 0 Å². The summed E-state index contributed by atoms with van der Waals surface area (Å²) >= 11 is 0. The van der Waals surface area contributed by atoms with Crippen LogP contribution in [0.2, 0.25) is 0 Å². The number of amides is 1. The van der Waals surface area contributed by atoms with E-state index in [0.717, 1.165) is 29.5 Å². The maximum absolute atomic E-state index is 12.5. The largest absolute Gasteiger partial charge is 0.335 e. The van der Waals surface area contributed by atoms with Crippen molar-refractivity contribution in [2.45, 2.75) is 47.0 Å². The summed E-state index contributed by atoms with van der Waals surface area (Å²) in [4.78, 5) is 26.4. The third-order valence-corrected chi connectivity index (χ3v) is 4.45. The molecule has 0 bridgehead atoms. The van der Waals surface area contributed by atoms with E-state index < -0.39 is 0 Å². The maximum atomic E-state index is 12.5. The average molecular weight is 287 g/mol. The van der Waals surface area contributed by atoms with Gasteiger partial charge in [-0.1, -0.05) is 31.5 Å². The summed E-state index contributed by atoms with van der Waals surface area (Å²) in [5, 5.41) is 0. The quantitative estimate of drug-likeness (QED) is 0.798. The van der Waals surface area contributed by atoms with Gasteiger partial charge in [0.05, 0.1) is 6.54 Å². The van der Waals surface area contributed by atoms with E-state index in [2.05, 4.69) is 13.8 Å². The lowest BCUT2D eigenvalue weighted by Gasteiger charge is -2.23. The van der Waals surface area contributed by atoms with Crippen molar-refractivity contribution in [2.75, 3.05) is 13.1 Å². The van der Waals surface area contributed by atoms with Crippen LogP contribution in [0.3, 0.4) is 0 Å². The van der Waals surface area contributed by atoms with E-state index in [-0.39, 0.29) is 23.7 Å². The molecule has 1 aliphatic heterocycles. The van der Waals surface area contributed by atoms with Gasteiger partial charge in [-0.15, -0.1) is 0 Å². The standard InChI is InChI=1S/C18H25NO2/c1-13-5-6-14(2)15(11-13)16(20)12-19-10-9-18(3,4)8-7-17(19)21/h5-6,11H,7-10,12H2,1-4H3. The summed E-state index contributed by atoms with van der Waals surface area (Å²) in [5.74, 6) is 0.156. The number of benzene rings is 1. The van der Waals surface area contributed by atoms with Gasteiger partial charge in [0.2, 0.25) is 5.91 Å². The topological polar surface area (TPSA) is 37.4 Å². The minimum atomic E-state index is 0.0456. The van der Waals surface area contributed by atoms with E-state index in [4.69, 9.17) is 0 Å². The third-order valence-electron chi connectivity index (χ3n) is 4.45. The molecule has 2 rings (SSSR count). The van der Waals surface area contributed by atoms with Gasteiger partial charge in [-0.05, 0) is 43.7 Å². The van der Waals surface area contributed by atoms with E-state index in [1.54, 1.807) is 4.90 Å². The molecule has 0 aliphatic carbocycles. The summed E-state index contributed by atoms with van der Waals surface area (Å²) in [7, 11) is 0. The van der Waals surface area contributed by atoms with Crippen molar-refractivity contribution < 1.29 is 9.59 Å². The van der Waals surface area contributed by atoms with Crippen LogP contribution in [-0.4, -0.2) is 29.7 Å². The Hall–Kier alpha value is -1.64.